The topological polar surface area (TPSA) is 175 Å². The summed E-state index contributed by atoms with van der Waals surface area (Å²) in [6.45, 7) is -9.11. The number of hydrogen-bond donors (Lipinski definition) is 2. The van der Waals surface area contributed by atoms with E-state index >= 15 is 0 Å². The average molecular weight is 1520 g/mol. The summed E-state index contributed by atoms with van der Waals surface area (Å²) < 4.78 is 159. The predicted molar refractivity (Wildman–Crippen MR) is 343 cm³/mol. The Morgan fingerprint density at radius 1 is 0.523 bits per heavy atom. The van der Waals surface area contributed by atoms with Gasteiger partial charge in [-0.05, 0) is 126 Å². The number of nitrogens with zero attached hydrogens (tertiary/aromatic N) is 4. The molecule has 0 saturated carbocycles. The van der Waals surface area contributed by atoms with Crippen LogP contribution in [0.5, 0.6) is 0 Å². The summed E-state index contributed by atoms with van der Waals surface area (Å²) in [6, 6.07) is 53.8. The Bertz CT molecular complexity index is 4620. The molecule has 11 nitrogen and oxygen atoms in total. The van der Waals surface area contributed by atoms with E-state index in [-0.39, 0.29) is 98.0 Å². The quantitative estimate of drug-likeness (QED) is 0.0742. The Hall–Kier alpha value is -8.48. The molecule has 0 bridgehead atoms. The van der Waals surface area contributed by atoms with E-state index in [9.17, 15) is 0 Å². The first-order valence-electron chi connectivity index (χ1n) is 32.2. The summed E-state index contributed by atoms with van der Waals surface area (Å²) in [6.07, 6.45) is 15.1. The van der Waals surface area contributed by atoms with E-state index in [2.05, 4.69) is 77.3 Å². The third-order valence-electron chi connectivity index (χ3n) is 10.2. The molecule has 0 aliphatic heterocycles. The number of benzene rings is 6. The molecule has 6 aromatic heterocycles. The maximum Gasteiger partial charge on any atom is 0.136 e. The fourth-order valence-corrected chi connectivity index (χ4v) is 6.88. The number of aliphatic hydroxyl groups is 2. The Labute approximate surface area is 558 Å². The van der Waals surface area contributed by atoms with Crippen LogP contribution in [0.2, 0.25) is 0 Å². The minimum atomic E-state index is -3.92. The van der Waals surface area contributed by atoms with Crippen LogP contribution in [0.1, 0.15) is 44.2 Å². The van der Waals surface area contributed by atoms with Gasteiger partial charge >= 0.3 is 0 Å². The van der Waals surface area contributed by atoms with Crippen molar-refractivity contribution in [3.63, 3.8) is 0 Å². The summed E-state index contributed by atoms with van der Waals surface area (Å²) in [5.41, 5.74) is 7.63. The first kappa shape index (κ1) is 50.8. The van der Waals surface area contributed by atoms with Crippen molar-refractivity contribution in [2.24, 2.45) is 0 Å². The van der Waals surface area contributed by atoms with Crippen molar-refractivity contribution in [1.82, 2.24) is 19.9 Å². The molecule has 0 saturated heterocycles. The number of pyridine rings is 4. The Morgan fingerprint density at radius 3 is 1.37 bits per heavy atom. The Morgan fingerprint density at radius 2 is 0.930 bits per heavy atom. The van der Waals surface area contributed by atoms with E-state index in [4.69, 9.17) is 66.8 Å². The number of aliphatic hydroxyl groups excluding tert-OH is 2. The molecular weight excluding hydrogens is 1450 g/mol. The Balaban J connectivity index is 0.000000431. The number of fused-ring (bicyclic) bond motifs is 6. The van der Waals surface area contributed by atoms with Crippen molar-refractivity contribution in [2.75, 3.05) is 20.5 Å². The van der Waals surface area contributed by atoms with E-state index in [1.54, 1.807) is 60.7 Å². The molecule has 17 heteroatoms. The van der Waals surface area contributed by atoms with Gasteiger partial charge in [0, 0.05) is 141 Å². The van der Waals surface area contributed by atoms with Gasteiger partial charge < -0.3 is 38.6 Å². The molecule has 86 heavy (non-hydrogen) atoms. The van der Waals surface area contributed by atoms with Gasteiger partial charge in [0.2, 0.25) is 0 Å². The SMILES string of the molecule is C#CC#CC#C.CO.CO.CS(=O)(=O)[O-].[2H]C([2H])([2H])c1ccc(-c2[c-]cccc2)nc1.[2H]C([2H])([2H])c1ccc(-c2[c-]cccc2)nc1.[2H]c1c(C([2H])([2H])[2H])cnc(-c2[c-]cc3c(c2)oc2ccccc23)c1[2H].[2H]c1c(C([2H])([2H])[2H])cnc(-c2ccc3c(c2)oc2ccccc23)c1[2H].[B][B][B].[Ir].[Ir]. The fraction of sp³-hybridized carbons (Fsp3) is 0.101. The second kappa shape index (κ2) is 40.0. The monoisotopic (exact) mass is 1520 g/mol. The van der Waals surface area contributed by atoms with Gasteiger partial charge in [-0.15, -0.1) is 102 Å². The number of furan rings is 2. The van der Waals surface area contributed by atoms with Crippen molar-refractivity contribution in [1.29, 1.82) is 0 Å². The van der Waals surface area contributed by atoms with Gasteiger partial charge in [-0.3, -0.25) is 4.98 Å². The van der Waals surface area contributed by atoms with Crippen LogP contribution >= 0.6 is 0 Å². The maximum atomic E-state index is 9.08. The zero-order chi connectivity index (χ0) is 74.8. The Kier molecular flexibility index (Phi) is 23.6. The van der Waals surface area contributed by atoms with E-state index in [1.807, 2.05) is 91.0 Å². The van der Waals surface area contributed by atoms with Gasteiger partial charge in [0.25, 0.3) is 0 Å². The van der Waals surface area contributed by atoms with Crippen LogP contribution in [0.25, 0.3) is 88.9 Å². The second-order valence-electron chi connectivity index (χ2n) is 15.9. The van der Waals surface area contributed by atoms with Crippen LogP contribution in [0.15, 0.2) is 209 Å². The van der Waals surface area contributed by atoms with Crippen LogP contribution in [0.4, 0.5) is 0 Å². The summed E-state index contributed by atoms with van der Waals surface area (Å²) >= 11 is 0. The summed E-state index contributed by atoms with van der Waals surface area (Å²) in [4.78, 5) is 16.5. The number of para-hydroxylation sites is 2. The largest absolute Gasteiger partial charge is 0.748 e. The first-order valence-corrected chi connectivity index (χ1v) is 26.0. The summed E-state index contributed by atoms with van der Waals surface area (Å²) in [7, 11) is 8.08. The summed E-state index contributed by atoms with van der Waals surface area (Å²) in [5.74, 6) is 8.61. The molecule has 2 N–H and O–H groups in total. The molecule has 433 valence electrons. The van der Waals surface area contributed by atoms with Crippen molar-refractivity contribution in [2.45, 2.75) is 27.4 Å². The molecule has 0 atom stereocenters. The van der Waals surface area contributed by atoms with Gasteiger partial charge in [0.15, 0.2) is 0 Å². The van der Waals surface area contributed by atoms with Crippen LogP contribution in [-0.2, 0) is 50.3 Å². The zero-order valence-corrected chi connectivity index (χ0v) is 51.5. The number of hydrogen-bond acceptors (Lipinski definition) is 11. The molecule has 12 rings (SSSR count). The van der Waals surface area contributed by atoms with Gasteiger partial charge in [-0.2, -0.15) is 0 Å². The molecule has 0 aliphatic carbocycles. The number of aromatic nitrogens is 4. The smallest absolute Gasteiger partial charge is 0.136 e. The standard InChI is InChI=1S/C18H13NO.C18H12NO.2C12H10N.C6H2.CH4O3S.2CH4O.B3.2Ir/c2*1-12-6-9-16(19-11-12)13-7-8-15-14-4-2-3-5-17(14)20-18(15)10-13;2*1-10-7-8-12(13-9-10)11-5-3-2-4-6-11;1-3-5-6-4-2;1-5(2,3)4;2*1-2;1-3-2;;/h2-11H,1H3;2-6,8-11H,1H3;2*2-5,7-9H,1H3;1-2H;1H3,(H,2,3,4);2*2H,1H3;;;/q;3*-1;;;;;;;/p-1/i2*1D3,6D,9D;2*1D3;;;;;;;. The average Bonchev–Trinajstić information content (AvgIpc) is 1.52. The molecule has 12 aromatic rings. The molecular formula is C69H58B3Ir2N4O7S-4. The number of aryl methyl sites for hydroxylation is 4. The van der Waals surface area contributed by atoms with Gasteiger partial charge in [-0.1, -0.05) is 96.3 Å². The van der Waals surface area contributed by atoms with Crippen LogP contribution < -0.4 is 0 Å². The first-order chi connectivity index (χ1) is 47.2. The van der Waals surface area contributed by atoms with Crippen molar-refractivity contribution < 1.29 is 94.2 Å². The molecule has 6 aromatic carbocycles. The van der Waals surface area contributed by atoms with E-state index in [0.29, 0.717) is 28.5 Å². The second-order valence-corrected chi connectivity index (χ2v) is 17.3. The molecule has 0 unspecified atom stereocenters. The van der Waals surface area contributed by atoms with E-state index in [0.717, 1.165) is 88.9 Å². The molecule has 0 aliphatic rings. The third-order valence-corrected chi connectivity index (χ3v) is 10.2. The predicted octanol–water partition coefficient (Wildman–Crippen LogP) is 12.9. The van der Waals surface area contributed by atoms with E-state index < -0.39 is 37.5 Å². The molecule has 7 radical (unpaired) electrons. The van der Waals surface area contributed by atoms with Crippen molar-refractivity contribution in [3.8, 4) is 81.6 Å². The van der Waals surface area contributed by atoms with Gasteiger partial charge in [0.05, 0.1) is 26.9 Å². The van der Waals surface area contributed by atoms with Crippen LogP contribution in [0.3, 0.4) is 0 Å². The molecule has 0 amide bonds. The third kappa shape index (κ3) is 24.6. The molecule has 0 fully saturated rings. The summed E-state index contributed by atoms with van der Waals surface area (Å²) in [5, 5.41) is 17.8. The maximum absolute atomic E-state index is 9.08. The molecule has 6 heterocycles. The minimum Gasteiger partial charge on any atom is -0.748 e. The normalized spacial score (nSPS) is 12.7. The van der Waals surface area contributed by atoms with Crippen molar-refractivity contribution in [3.05, 3.63) is 241 Å². The number of terminal acetylenes is 2. The minimum absolute atomic E-state index is 0. The van der Waals surface area contributed by atoms with Crippen LogP contribution in [-0.4, -0.2) is 86.1 Å². The zero-order valence-electron chi connectivity index (χ0n) is 61.9. The van der Waals surface area contributed by atoms with Gasteiger partial charge in [-0.25, -0.2) is 8.42 Å². The number of rotatable bonds is 4. The van der Waals surface area contributed by atoms with E-state index in [1.165, 1.54) is 12.4 Å². The fourth-order valence-electron chi connectivity index (χ4n) is 6.88. The molecule has 0 spiro atoms. The van der Waals surface area contributed by atoms with Crippen LogP contribution in [0, 0.1) is 82.1 Å². The van der Waals surface area contributed by atoms with Gasteiger partial charge in [0.1, 0.15) is 16.7 Å². The van der Waals surface area contributed by atoms with Crippen molar-refractivity contribution >= 4 is 76.5 Å².